The lowest BCUT2D eigenvalue weighted by molar-refractivity contribution is -0.0524. The fraction of sp³-hybridized carbons (Fsp3) is 0.565. The molecule has 2 aliphatic rings. The predicted octanol–water partition coefficient (Wildman–Crippen LogP) is 12.9. The maximum absolute atomic E-state index is 13.6. The first-order valence-electron chi connectivity index (χ1n) is 20.5. The average Bonchev–Trinajstić information content (AvgIpc) is 3.54. The van der Waals surface area contributed by atoms with Gasteiger partial charge in [0.1, 0.15) is 23.3 Å². The van der Waals surface area contributed by atoms with E-state index in [9.17, 15) is 18.0 Å². The summed E-state index contributed by atoms with van der Waals surface area (Å²) in [5.41, 5.74) is 9.91. The third kappa shape index (κ3) is 12.7. The van der Waals surface area contributed by atoms with Crippen molar-refractivity contribution >= 4 is 28.8 Å². The zero-order valence-electron chi connectivity index (χ0n) is 34.7. The Labute approximate surface area is 333 Å². The Balaban J connectivity index is 0.000000204. The van der Waals surface area contributed by atoms with Crippen LogP contribution in [0.1, 0.15) is 140 Å². The first-order chi connectivity index (χ1) is 26.3. The van der Waals surface area contributed by atoms with Crippen LogP contribution in [0.5, 0.6) is 0 Å². The van der Waals surface area contributed by atoms with Crippen LogP contribution in [0.15, 0.2) is 65.6 Å². The van der Waals surface area contributed by atoms with E-state index < -0.39 is 17.4 Å². The molecule has 2 fully saturated rings. The van der Waals surface area contributed by atoms with Crippen molar-refractivity contribution in [1.29, 1.82) is 0 Å². The van der Waals surface area contributed by atoms with Gasteiger partial charge in [-0.3, -0.25) is 9.52 Å². The van der Waals surface area contributed by atoms with Crippen molar-refractivity contribution in [2.75, 3.05) is 13.6 Å². The lowest BCUT2D eigenvalue weighted by atomic mass is 9.50. The molecule has 0 saturated heterocycles. The van der Waals surface area contributed by atoms with Gasteiger partial charge >= 0.3 is 0 Å². The van der Waals surface area contributed by atoms with E-state index in [0.29, 0.717) is 5.41 Å². The number of fused-ring (bicyclic) bond motifs is 2. The second-order valence-electron chi connectivity index (χ2n) is 15.8. The number of imidazole rings is 1. The van der Waals surface area contributed by atoms with Gasteiger partial charge in [-0.2, -0.15) is 0 Å². The number of nitrogens with zero attached hydrogens (tertiary/aromatic N) is 1. The quantitative estimate of drug-likeness (QED) is 0.0929. The number of aryl methyl sites for hydroxylation is 1. The molecule has 4 N–H and O–H groups in total. The molecule has 55 heavy (non-hydrogen) atoms. The molecule has 2 saturated carbocycles. The highest BCUT2D eigenvalue weighted by Gasteiger charge is 2.50. The molecule has 3 unspecified atom stereocenters. The molecule has 9 heteroatoms. The average molecular weight is 781 g/mol. The molecule has 6 rings (SSSR count). The van der Waals surface area contributed by atoms with E-state index in [1.165, 1.54) is 82.8 Å². The van der Waals surface area contributed by atoms with Gasteiger partial charge in [-0.25, -0.2) is 18.2 Å². The van der Waals surface area contributed by atoms with Gasteiger partial charge < -0.3 is 10.7 Å². The number of hydrogen-bond donors (Lipinski definition) is 3. The summed E-state index contributed by atoms with van der Waals surface area (Å²) in [6, 6.07) is 17.3. The van der Waals surface area contributed by atoms with Gasteiger partial charge in [-0.05, 0) is 149 Å². The molecule has 0 bridgehead atoms. The number of aromatic nitrogens is 2. The van der Waals surface area contributed by atoms with Crippen molar-refractivity contribution in [3.63, 3.8) is 0 Å². The summed E-state index contributed by atoms with van der Waals surface area (Å²) < 4.78 is 42.4. The largest absolute Gasteiger partial charge is 0.342 e. The minimum Gasteiger partial charge on any atom is -0.342 e. The van der Waals surface area contributed by atoms with Crippen molar-refractivity contribution < 1.29 is 18.0 Å². The van der Waals surface area contributed by atoms with Crippen molar-refractivity contribution in [1.82, 2.24) is 14.7 Å². The molecule has 1 aromatic heterocycles. The van der Waals surface area contributed by atoms with E-state index in [-0.39, 0.29) is 21.7 Å². The number of ketones is 1. The second kappa shape index (κ2) is 22.6. The van der Waals surface area contributed by atoms with E-state index >= 15 is 0 Å². The monoisotopic (exact) mass is 780 g/mol. The summed E-state index contributed by atoms with van der Waals surface area (Å²) >= 11 is 0.998. The van der Waals surface area contributed by atoms with Crippen LogP contribution in [0, 0.1) is 47.5 Å². The maximum atomic E-state index is 13.6. The number of Topliss-reactive ketones (excluding diaryl/α,β-unsaturated/α-hetero) is 1. The van der Waals surface area contributed by atoms with Crippen LogP contribution in [-0.4, -0.2) is 29.3 Å². The third-order valence-electron chi connectivity index (χ3n) is 12.1. The number of nitrogens with one attached hydrogen (secondary N) is 2. The van der Waals surface area contributed by atoms with Gasteiger partial charge in [-0.1, -0.05) is 91.0 Å². The summed E-state index contributed by atoms with van der Waals surface area (Å²) in [5.74, 6) is 1.62. The van der Waals surface area contributed by atoms with Crippen molar-refractivity contribution in [3.05, 3.63) is 95.1 Å². The topological polar surface area (TPSA) is 83.8 Å². The lowest BCUT2D eigenvalue weighted by Crippen LogP contribution is -2.52. The molecule has 4 atom stereocenters. The summed E-state index contributed by atoms with van der Waals surface area (Å²) in [6.07, 6.45) is 15.5. The normalized spacial score (nSPS) is 19.3. The van der Waals surface area contributed by atoms with Crippen molar-refractivity contribution in [2.45, 2.75) is 136 Å². The van der Waals surface area contributed by atoms with Crippen LogP contribution >= 0.6 is 11.9 Å². The first kappa shape index (κ1) is 46.2. The predicted molar refractivity (Wildman–Crippen MR) is 226 cm³/mol. The highest BCUT2D eigenvalue weighted by Crippen LogP contribution is 2.57. The van der Waals surface area contributed by atoms with Crippen LogP contribution in [0.3, 0.4) is 0 Å². The van der Waals surface area contributed by atoms with Gasteiger partial charge in [0.2, 0.25) is 0 Å². The number of halogens is 3. The Morgan fingerprint density at radius 3 is 2.24 bits per heavy atom. The Morgan fingerprint density at radius 2 is 1.71 bits per heavy atom. The molecule has 5 nitrogen and oxygen atoms in total. The minimum absolute atomic E-state index is 0.0934. The molecular formula is C46H67F3N4OS. The highest BCUT2D eigenvalue weighted by atomic mass is 32.2. The van der Waals surface area contributed by atoms with Gasteiger partial charge in [0.25, 0.3) is 0 Å². The summed E-state index contributed by atoms with van der Waals surface area (Å²) in [7, 11) is 1.61. The Hall–Kier alpha value is -3.14. The van der Waals surface area contributed by atoms with Gasteiger partial charge in [0.05, 0.1) is 21.5 Å². The van der Waals surface area contributed by atoms with Crippen molar-refractivity contribution in [2.24, 2.45) is 28.9 Å². The maximum Gasteiger partial charge on any atom is 0.162 e. The molecule has 1 heterocycles. The number of nitrogens with two attached hydrogens (primary N) is 1. The third-order valence-corrected chi connectivity index (χ3v) is 12.9. The molecule has 2 aliphatic carbocycles. The molecule has 0 amide bonds. The number of para-hydroxylation sites is 2. The van der Waals surface area contributed by atoms with Crippen LogP contribution in [0.4, 0.5) is 13.2 Å². The second-order valence-corrected chi connectivity index (χ2v) is 16.9. The fourth-order valence-corrected chi connectivity index (χ4v) is 9.16. The Kier molecular flexibility index (Phi) is 19.0. The first-order valence-corrected chi connectivity index (χ1v) is 21.3. The number of hydrogen-bond acceptors (Lipinski definition) is 5. The van der Waals surface area contributed by atoms with E-state index in [1.54, 1.807) is 19.2 Å². The standard InChI is InChI=1S/C19H31F.C10H19N.C9H9F2NOS.C8H8N2/c1-5-12-19(13-6-2,14-11-16(4)7-3)17-9-8-10-18(20)15-17;1-8-3-2-4-9-5-6-10(8,9)7-11;1-5(13)6-3-9(14-12-2)8(11)4-7(6)10;1-6-9-7-4-2-3-5-8(7)10-6/h8-10,15-16H,5-7,11-14H2,1-4H3;8-9H,2-7,11H2,1H3;3-4,12H,1-2H3;2-5H,1H3,(H,9,10)/t16-;;;/m1.../s1. The molecular weight excluding hydrogens is 714 g/mol. The molecule has 0 spiro atoms. The number of rotatable bonds is 13. The van der Waals surface area contributed by atoms with E-state index in [2.05, 4.69) is 55.4 Å². The van der Waals surface area contributed by atoms with Crippen LogP contribution < -0.4 is 10.5 Å². The van der Waals surface area contributed by atoms with E-state index in [1.807, 2.05) is 37.3 Å². The number of H-pyrrole nitrogens is 1. The smallest absolute Gasteiger partial charge is 0.162 e. The Morgan fingerprint density at radius 1 is 1.00 bits per heavy atom. The summed E-state index contributed by atoms with van der Waals surface area (Å²) in [4.78, 5) is 18.6. The molecule has 0 radical (unpaired) electrons. The number of aromatic amines is 1. The van der Waals surface area contributed by atoms with Gasteiger partial charge in [-0.15, -0.1) is 0 Å². The SMILES string of the molecule is CC1CCCC2CCC12CN.CCCC(CCC)(CC[C@H](C)CC)c1cccc(F)c1.CNSc1cc(C(C)=O)c(F)cc1F.Cc1nc2ccccc2[nH]1. The zero-order chi connectivity index (χ0) is 40.6. The van der Waals surface area contributed by atoms with Crippen LogP contribution in [0.25, 0.3) is 11.0 Å². The minimum atomic E-state index is -0.824. The van der Waals surface area contributed by atoms with E-state index in [0.717, 1.165) is 72.0 Å². The highest BCUT2D eigenvalue weighted by molar-refractivity contribution is 7.97. The number of carbonyl (C=O) groups is 1. The Bertz CT molecular complexity index is 1710. The van der Waals surface area contributed by atoms with Gasteiger partial charge in [0, 0.05) is 6.07 Å². The number of benzene rings is 3. The summed E-state index contributed by atoms with van der Waals surface area (Å²) in [5, 5.41) is 0. The zero-order valence-corrected chi connectivity index (χ0v) is 35.5. The van der Waals surface area contributed by atoms with Crippen molar-refractivity contribution in [3.8, 4) is 0 Å². The number of carbonyl (C=O) groups excluding carboxylic acids is 1. The van der Waals surface area contributed by atoms with Crippen LogP contribution in [-0.2, 0) is 5.41 Å². The van der Waals surface area contributed by atoms with E-state index in [4.69, 9.17) is 5.73 Å². The summed E-state index contributed by atoms with van der Waals surface area (Å²) in [6.45, 7) is 15.6. The van der Waals surface area contributed by atoms with Gasteiger partial charge in [0.15, 0.2) is 5.78 Å². The lowest BCUT2D eigenvalue weighted by Gasteiger charge is -2.56. The molecule has 4 aromatic rings. The molecule has 304 valence electrons. The fourth-order valence-electron chi connectivity index (χ4n) is 8.61. The molecule has 0 aliphatic heterocycles. The molecule has 3 aromatic carbocycles. The van der Waals surface area contributed by atoms with Crippen LogP contribution in [0.2, 0.25) is 0 Å².